The maximum Gasteiger partial charge on any atom is 0.315 e. The summed E-state index contributed by atoms with van der Waals surface area (Å²) in [5.74, 6) is 3.11. The lowest BCUT2D eigenvalue weighted by atomic mass is 10.2. The third-order valence-corrected chi connectivity index (χ3v) is 3.51. The van der Waals surface area contributed by atoms with Crippen molar-refractivity contribution in [2.45, 2.75) is 24.8 Å². The van der Waals surface area contributed by atoms with Crippen LogP contribution in [0.15, 0.2) is 4.42 Å². The molecular formula is C8H12ClN3OS. The molecule has 0 spiro atoms. The molecule has 1 N–H and O–H groups in total. The van der Waals surface area contributed by atoms with Gasteiger partial charge in [-0.3, -0.25) is 0 Å². The second-order valence-electron chi connectivity index (χ2n) is 3.19. The lowest BCUT2D eigenvalue weighted by Gasteiger charge is -2.20. The highest BCUT2D eigenvalue weighted by Crippen LogP contribution is 2.20. The number of nitrogens with zero attached hydrogens (tertiary/aromatic N) is 2. The second-order valence-corrected chi connectivity index (χ2v) is 4.61. The molecule has 0 amide bonds. The van der Waals surface area contributed by atoms with E-state index >= 15 is 0 Å². The van der Waals surface area contributed by atoms with Crippen LogP contribution in [0.25, 0.3) is 0 Å². The Balaban J connectivity index is 1.89. The number of halogens is 1. The minimum Gasteiger partial charge on any atom is -0.407 e. The third-order valence-electron chi connectivity index (χ3n) is 2.07. The van der Waals surface area contributed by atoms with Crippen molar-refractivity contribution >= 4 is 29.4 Å². The minimum atomic E-state index is 0.272. The van der Waals surface area contributed by atoms with Gasteiger partial charge < -0.3 is 9.73 Å². The summed E-state index contributed by atoms with van der Waals surface area (Å²) in [6, 6.07) is 0.950. The summed E-state index contributed by atoms with van der Waals surface area (Å²) in [5.41, 5.74) is 0. The highest BCUT2D eigenvalue weighted by atomic mass is 35.5. The average molecular weight is 234 g/mol. The molecule has 0 aliphatic carbocycles. The molecule has 1 fully saturated rings. The van der Waals surface area contributed by atoms with E-state index in [1.165, 1.54) is 18.6 Å². The summed E-state index contributed by atoms with van der Waals surface area (Å²) in [4.78, 5) is 0. The van der Waals surface area contributed by atoms with E-state index in [1.807, 2.05) is 11.8 Å². The Bertz CT molecular complexity index is 288. The van der Waals surface area contributed by atoms with Crippen molar-refractivity contribution in [3.05, 3.63) is 5.89 Å². The average Bonchev–Trinajstić information content (AvgIpc) is 2.67. The summed E-state index contributed by atoms with van der Waals surface area (Å²) < 4.78 is 5.26. The molecular weight excluding hydrogens is 222 g/mol. The van der Waals surface area contributed by atoms with Crippen LogP contribution >= 0.6 is 23.4 Å². The fraction of sp³-hybridized carbons (Fsp3) is 0.750. The van der Waals surface area contributed by atoms with Crippen molar-refractivity contribution in [1.82, 2.24) is 10.2 Å². The summed E-state index contributed by atoms with van der Waals surface area (Å²) in [6.07, 6.45) is 2.42. The highest BCUT2D eigenvalue weighted by Gasteiger charge is 2.15. The van der Waals surface area contributed by atoms with Gasteiger partial charge in [-0.2, -0.15) is 11.8 Å². The smallest absolute Gasteiger partial charge is 0.315 e. The highest BCUT2D eigenvalue weighted by molar-refractivity contribution is 7.99. The summed E-state index contributed by atoms with van der Waals surface area (Å²) in [5, 5.41) is 10.9. The molecule has 1 saturated heterocycles. The zero-order chi connectivity index (χ0) is 9.80. The minimum absolute atomic E-state index is 0.272. The molecule has 1 unspecified atom stereocenters. The van der Waals surface area contributed by atoms with E-state index in [0.29, 0.717) is 17.9 Å². The quantitative estimate of drug-likeness (QED) is 0.811. The predicted octanol–water partition coefficient (Wildman–Crippen LogP) is 2.12. The molecule has 0 bridgehead atoms. The summed E-state index contributed by atoms with van der Waals surface area (Å²) in [7, 11) is 0. The van der Waals surface area contributed by atoms with Crippen LogP contribution in [0.2, 0.25) is 0 Å². The number of anilines is 1. The zero-order valence-electron chi connectivity index (χ0n) is 7.70. The van der Waals surface area contributed by atoms with Crippen LogP contribution in [0.5, 0.6) is 0 Å². The van der Waals surface area contributed by atoms with Gasteiger partial charge in [0.05, 0.1) is 0 Å². The third kappa shape index (κ3) is 2.54. The Hall–Kier alpha value is -0.420. The molecule has 0 saturated carbocycles. The monoisotopic (exact) mass is 233 g/mol. The van der Waals surface area contributed by atoms with E-state index in [-0.39, 0.29) is 5.88 Å². The molecule has 6 heteroatoms. The van der Waals surface area contributed by atoms with Gasteiger partial charge >= 0.3 is 6.01 Å². The summed E-state index contributed by atoms with van der Waals surface area (Å²) >= 11 is 7.51. The molecule has 1 aliphatic heterocycles. The molecule has 1 aromatic rings. The number of alkyl halides is 1. The number of hydrogen-bond acceptors (Lipinski definition) is 5. The van der Waals surface area contributed by atoms with Crippen LogP contribution in [0, 0.1) is 0 Å². The van der Waals surface area contributed by atoms with Gasteiger partial charge in [-0.05, 0) is 18.6 Å². The normalized spacial score (nSPS) is 22.2. The van der Waals surface area contributed by atoms with Crippen LogP contribution in [-0.4, -0.2) is 27.7 Å². The Morgan fingerprint density at radius 3 is 3.14 bits per heavy atom. The van der Waals surface area contributed by atoms with Crippen LogP contribution < -0.4 is 5.32 Å². The van der Waals surface area contributed by atoms with Crippen LogP contribution in [0.4, 0.5) is 6.01 Å². The molecule has 2 heterocycles. The van der Waals surface area contributed by atoms with Crippen molar-refractivity contribution in [2.24, 2.45) is 0 Å². The maximum absolute atomic E-state index is 5.55. The SMILES string of the molecule is ClCc1nnc(NC2CCCSC2)o1. The van der Waals surface area contributed by atoms with E-state index in [1.54, 1.807) is 0 Å². The Morgan fingerprint density at radius 1 is 1.57 bits per heavy atom. The lowest BCUT2D eigenvalue weighted by Crippen LogP contribution is -2.25. The number of hydrogen-bond donors (Lipinski definition) is 1. The van der Waals surface area contributed by atoms with E-state index in [2.05, 4.69) is 15.5 Å². The van der Waals surface area contributed by atoms with E-state index in [4.69, 9.17) is 16.0 Å². The van der Waals surface area contributed by atoms with Gasteiger partial charge in [-0.1, -0.05) is 5.10 Å². The van der Waals surface area contributed by atoms with Crippen LogP contribution in [-0.2, 0) is 5.88 Å². The van der Waals surface area contributed by atoms with Crippen LogP contribution in [0.1, 0.15) is 18.7 Å². The summed E-state index contributed by atoms with van der Waals surface area (Å²) in [6.45, 7) is 0. The van der Waals surface area contributed by atoms with Crippen molar-refractivity contribution in [2.75, 3.05) is 16.8 Å². The van der Waals surface area contributed by atoms with E-state index in [0.717, 1.165) is 5.75 Å². The largest absolute Gasteiger partial charge is 0.407 e. The second kappa shape index (κ2) is 4.89. The van der Waals surface area contributed by atoms with Crippen LogP contribution in [0.3, 0.4) is 0 Å². The number of thioether (sulfide) groups is 1. The molecule has 0 radical (unpaired) electrons. The molecule has 4 nitrogen and oxygen atoms in total. The van der Waals surface area contributed by atoms with Gasteiger partial charge in [0, 0.05) is 11.8 Å². The molecule has 1 atom stereocenters. The standard InChI is InChI=1S/C8H12ClN3OS/c9-4-7-11-12-8(13-7)10-6-2-1-3-14-5-6/h6H,1-5H2,(H,10,12). The first-order valence-corrected chi connectivity index (χ1v) is 6.30. The fourth-order valence-electron chi connectivity index (χ4n) is 1.40. The van der Waals surface area contributed by atoms with E-state index in [9.17, 15) is 0 Å². The number of rotatable bonds is 3. The topological polar surface area (TPSA) is 51.0 Å². The van der Waals surface area contributed by atoms with Gasteiger partial charge in [0.2, 0.25) is 5.89 Å². The Kier molecular flexibility index (Phi) is 3.53. The Morgan fingerprint density at radius 2 is 2.50 bits per heavy atom. The molecule has 78 valence electrons. The maximum atomic E-state index is 5.55. The molecule has 2 rings (SSSR count). The van der Waals surface area contributed by atoms with Gasteiger partial charge in [0.15, 0.2) is 0 Å². The first kappa shape index (κ1) is 10.1. The number of aromatic nitrogens is 2. The van der Waals surface area contributed by atoms with Crippen molar-refractivity contribution in [3.8, 4) is 0 Å². The van der Waals surface area contributed by atoms with Crippen molar-refractivity contribution in [1.29, 1.82) is 0 Å². The molecule has 14 heavy (non-hydrogen) atoms. The van der Waals surface area contributed by atoms with Crippen molar-refractivity contribution < 1.29 is 4.42 Å². The van der Waals surface area contributed by atoms with Gasteiger partial charge in [-0.15, -0.1) is 16.7 Å². The van der Waals surface area contributed by atoms with Gasteiger partial charge in [0.1, 0.15) is 5.88 Å². The molecule has 1 aliphatic rings. The van der Waals surface area contributed by atoms with Gasteiger partial charge in [-0.25, -0.2) is 0 Å². The predicted molar refractivity (Wildman–Crippen MR) is 57.8 cm³/mol. The van der Waals surface area contributed by atoms with Gasteiger partial charge in [0.25, 0.3) is 0 Å². The zero-order valence-corrected chi connectivity index (χ0v) is 9.27. The Labute approximate surface area is 91.8 Å². The molecule has 1 aromatic heterocycles. The van der Waals surface area contributed by atoms with Crippen molar-refractivity contribution in [3.63, 3.8) is 0 Å². The first-order valence-electron chi connectivity index (χ1n) is 4.61. The molecule has 0 aromatic carbocycles. The lowest BCUT2D eigenvalue weighted by molar-refractivity contribution is 0.515. The first-order chi connectivity index (χ1) is 6.88. The number of nitrogens with one attached hydrogen (secondary N) is 1. The fourth-order valence-corrected chi connectivity index (χ4v) is 2.58. The van der Waals surface area contributed by atoms with E-state index < -0.39 is 0 Å².